The Morgan fingerprint density at radius 2 is 1.70 bits per heavy atom. The van der Waals surface area contributed by atoms with E-state index in [0.717, 1.165) is 25.7 Å². The number of rotatable bonds is 0. The highest BCUT2D eigenvalue weighted by Gasteiger charge is 1.79. The average Bonchev–Trinajstić information content (AvgIpc) is 2.01. The lowest BCUT2D eigenvalue weighted by atomic mass is 10.2. The molecule has 0 aromatic heterocycles. The first-order chi connectivity index (χ1) is 5.00. The van der Waals surface area contributed by atoms with Crippen LogP contribution in [-0.2, 0) is 0 Å². The molecule has 0 aromatic rings. The summed E-state index contributed by atoms with van der Waals surface area (Å²) in [6.07, 6.45) is 18.5. The molecule has 1 radical (unpaired) electrons. The third-order valence-electron chi connectivity index (χ3n) is 1.46. The molecule has 0 saturated heterocycles. The van der Waals surface area contributed by atoms with Crippen LogP contribution in [0.25, 0.3) is 0 Å². The summed E-state index contributed by atoms with van der Waals surface area (Å²) in [4.78, 5) is 0. The van der Waals surface area contributed by atoms with Crippen LogP contribution in [0.4, 0.5) is 0 Å². The van der Waals surface area contributed by atoms with Gasteiger partial charge in [0.05, 0.1) is 0 Å². The molecular formula is C10H13. The molecule has 0 fully saturated rings. The van der Waals surface area contributed by atoms with Crippen molar-refractivity contribution in [1.29, 1.82) is 0 Å². The van der Waals surface area contributed by atoms with Gasteiger partial charge in [-0.05, 0) is 31.8 Å². The zero-order chi connectivity index (χ0) is 7.07. The monoisotopic (exact) mass is 133 g/mol. The van der Waals surface area contributed by atoms with E-state index in [-0.39, 0.29) is 0 Å². The quantitative estimate of drug-likeness (QED) is 0.445. The minimum atomic E-state index is 1.05. The third-order valence-corrected chi connectivity index (χ3v) is 1.46. The van der Waals surface area contributed by atoms with Gasteiger partial charge in [0.25, 0.3) is 0 Å². The molecule has 1 rings (SSSR count). The maximum atomic E-state index is 3.23. The standard InChI is InChI=1S/C10H13/c1-2-4-6-8-10-9-7-5-3-1/h1-2,5-7H,3-4,9-10H2/b2-1-,7-5+,8-6?. The van der Waals surface area contributed by atoms with Gasteiger partial charge in [0.1, 0.15) is 0 Å². The Balaban J connectivity index is 2.38. The van der Waals surface area contributed by atoms with Crippen LogP contribution in [0, 0.1) is 6.08 Å². The highest BCUT2D eigenvalue weighted by Crippen LogP contribution is 1.99. The third kappa shape index (κ3) is 3.29. The van der Waals surface area contributed by atoms with E-state index in [9.17, 15) is 0 Å². The van der Waals surface area contributed by atoms with Gasteiger partial charge in [-0.1, -0.05) is 30.4 Å². The second-order valence-corrected chi connectivity index (χ2v) is 2.36. The van der Waals surface area contributed by atoms with Crippen LogP contribution in [0.1, 0.15) is 25.7 Å². The van der Waals surface area contributed by atoms with E-state index >= 15 is 0 Å². The van der Waals surface area contributed by atoms with Crippen LogP contribution < -0.4 is 0 Å². The van der Waals surface area contributed by atoms with Crippen molar-refractivity contribution in [2.24, 2.45) is 0 Å². The molecule has 0 aliphatic heterocycles. The van der Waals surface area contributed by atoms with Crippen LogP contribution >= 0.6 is 0 Å². The fourth-order valence-corrected chi connectivity index (χ4v) is 0.905. The summed E-state index contributed by atoms with van der Waals surface area (Å²) >= 11 is 0. The van der Waals surface area contributed by atoms with Crippen LogP contribution in [0.15, 0.2) is 30.4 Å². The zero-order valence-electron chi connectivity index (χ0n) is 6.22. The molecule has 0 bridgehead atoms. The van der Waals surface area contributed by atoms with E-state index in [0.29, 0.717) is 0 Å². The van der Waals surface area contributed by atoms with E-state index in [1.807, 2.05) is 0 Å². The second-order valence-electron chi connectivity index (χ2n) is 2.36. The van der Waals surface area contributed by atoms with Gasteiger partial charge < -0.3 is 0 Å². The molecule has 0 saturated carbocycles. The molecule has 1 aliphatic carbocycles. The van der Waals surface area contributed by atoms with Crippen molar-refractivity contribution in [3.63, 3.8) is 0 Å². The van der Waals surface area contributed by atoms with Crippen molar-refractivity contribution in [1.82, 2.24) is 0 Å². The lowest BCUT2D eigenvalue weighted by Crippen LogP contribution is -1.69. The van der Waals surface area contributed by atoms with Crippen LogP contribution in [0.3, 0.4) is 0 Å². The van der Waals surface area contributed by atoms with E-state index in [1.54, 1.807) is 0 Å². The lowest BCUT2D eigenvalue weighted by Gasteiger charge is -1.89. The summed E-state index contributed by atoms with van der Waals surface area (Å²) in [5.41, 5.74) is 0. The number of hydrogen-bond acceptors (Lipinski definition) is 0. The summed E-state index contributed by atoms with van der Waals surface area (Å²) in [6.45, 7) is 0. The molecule has 0 nitrogen and oxygen atoms in total. The molecule has 0 heteroatoms. The minimum Gasteiger partial charge on any atom is -0.0879 e. The van der Waals surface area contributed by atoms with Crippen LogP contribution in [0.5, 0.6) is 0 Å². The highest BCUT2D eigenvalue weighted by molar-refractivity contribution is 4.97. The summed E-state index contributed by atoms with van der Waals surface area (Å²) in [5, 5.41) is 0. The lowest BCUT2D eigenvalue weighted by molar-refractivity contribution is 1.01. The largest absolute Gasteiger partial charge is 0.0879 e. The summed E-state index contributed by atoms with van der Waals surface area (Å²) in [7, 11) is 0. The van der Waals surface area contributed by atoms with Crippen LogP contribution in [-0.4, -0.2) is 0 Å². The SMILES string of the molecule is [C]1=C\C/C=C\C/C=C/CC/1. The first-order valence-electron chi connectivity index (χ1n) is 3.85. The van der Waals surface area contributed by atoms with Crippen molar-refractivity contribution in [3.05, 3.63) is 36.5 Å². The van der Waals surface area contributed by atoms with Gasteiger partial charge in [0.2, 0.25) is 0 Å². The molecular weight excluding hydrogens is 120 g/mol. The van der Waals surface area contributed by atoms with E-state index in [2.05, 4.69) is 36.5 Å². The van der Waals surface area contributed by atoms with Gasteiger partial charge in [-0.25, -0.2) is 0 Å². The van der Waals surface area contributed by atoms with Gasteiger partial charge in [-0.2, -0.15) is 0 Å². The molecule has 0 N–H and O–H groups in total. The molecule has 0 aromatic carbocycles. The van der Waals surface area contributed by atoms with Gasteiger partial charge >= 0.3 is 0 Å². The van der Waals surface area contributed by atoms with Crippen molar-refractivity contribution in [2.75, 3.05) is 0 Å². The Labute approximate surface area is 62.9 Å². The smallest absolute Gasteiger partial charge is 0.0163 e. The van der Waals surface area contributed by atoms with Gasteiger partial charge in [0.15, 0.2) is 0 Å². The predicted molar refractivity (Wildman–Crippen MR) is 44.6 cm³/mol. The Hall–Kier alpha value is -0.780. The molecule has 10 heavy (non-hydrogen) atoms. The summed E-state index contributed by atoms with van der Waals surface area (Å²) in [6, 6.07) is 0. The summed E-state index contributed by atoms with van der Waals surface area (Å²) in [5.74, 6) is 0. The second kappa shape index (κ2) is 5.04. The maximum Gasteiger partial charge on any atom is -0.0163 e. The molecule has 0 heterocycles. The molecule has 0 atom stereocenters. The van der Waals surface area contributed by atoms with Gasteiger partial charge in [-0.3, -0.25) is 0 Å². The molecule has 0 spiro atoms. The molecule has 0 amide bonds. The minimum absolute atomic E-state index is 1.05. The van der Waals surface area contributed by atoms with Gasteiger partial charge in [-0.15, -0.1) is 0 Å². The normalized spacial score (nSPS) is 28.8. The number of hydrogen-bond donors (Lipinski definition) is 0. The van der Waals surface area contributed by atoms with Crippen molar-refractivity contribution in [3.8, 4) is 0 Å². The highest BCUT2D eigenvalue weighted by atomic mass is 13.9. The van der Waals surface area contributed by atoms with Gasteiger partial charge in [0, 0.05) is 0 Å². The zero-order valence-corrected chi connectivity index (χ0v) is 6.22. The fourth-order valence-electron chi connectivity index (χ4n) is 0.905. The number of allylic oxidation sites excluding steroid dienone is 6. The Bertz CT molecular complexity index is 131. The van der Waals surface area contributed by atoms with Crippen molar-refractivity contribution in [2.45, 2.75) is 25.7 Å². The Kier molecular flexibility index (Phi) is 3.69. The van der Waals surface area contributed by atoms with Crippen molar-refractivity contribution < 1.29 is 0 Å². The van der Waals surface area contributed by atoms with Crippen LogP contribution in [0.2, 0.25) is 0 Å². The fraction of sp³-hybridized carbons (Fsp3) is 0.400. The topological polar surface area (TPSA) is 0 Å². The molecule has 0 unspecified atom stereocenters. The predicted octanol–water partition coefficient (Wildman–Crippen LogP) is 3.03. The van der Waals surface area contributed by atoms with Crippen molar-refractivity contribution >= 4 is 0 Å². The first-order valence-corrected chi connectivity index (χ1v) is 3.85. The molecule has 1 aliphatic rings. The van der Waals surface area contributed by atoms with E-state index < -0.39 is 0 Å². The molecule has 53 valence electrons. The summed E-state index contributed by atoms with van der Waals surface area (Å²) < 4.78 is 0. The average molecular weight is 133 g/mol. The van der Waals surface area contributed by atoms with E-state index in [1.165, 1.54) is 0 Å². The Morgan fingerprint density at radius 3 is 2.70 bits per heavy atom. The first kappa shape index (κ1) is 7.33. The maximum absolute atomic E-state index is 3.23. The Morgan fingerprint density at radius 1 is 0.900 bits per heavy atom. The van der Waals surface area contributed by atoms with E-state index in [4.69, 9.17) is 0 Å².